The predicted octanol–water partition coefficient (Wildman–Crippen LogP) is 2.19. The van der Waals surface area contributed by atoms with Crippen molar-refractivity contribution < 1.29 is 9.90 Å². The fraction of sp³-hybridized carbons (Fsp3) is 0.923. The molecule has 0 saturated heterocycles. The molecule has 0 spiro atoms. The maximum absolute atomic E-state index is 12.4. The lowest BCUT2D eigenvalue weighted by molar-refractivity contribution is -0.143. The van der Waals surface area contributed by atoms with Crippen LogP contribution < -0.4 is 0 Å². The fourth-order valence-electron chi connectivity index (χ4n) is 2.59. The van der Waals surface area contributed by atoms with Crippen LogP contribution in [0.4, 0.5) is 0 Å². The first-order valence-corrected chi connectivity index (χ1v) is 6.54. The van der Waals surface area contributed by atoms with Gasteiger partial charge in [-0.1, -0.05) is 26.2 Å². The van der Waals surface area contributed by atoms with Crippen molar-refractivity contribution in [3.63, 3.8) is 0 Å². The Balaban J connectivity index is 2.58. The number of nitrogens with zero attached hydrogens (tertiary/aromatic N) is 1. The van der Waals surface area contributed by atoms with Crippen molar-refractivity contribution in [2.45, 2.75) is 52.4 Å². The summed E-state index contributed by atoms with van der Waals surface area (Å²) in [6.07, 6.45) is 6.38. The van der Waals surface area contributed by atoms with Gasteiger partial charge in [-0.25, -0.2) is 0 Å². The number of aliphatic hydroxyl groups is 1. The van der Waals surface area contributed by atoms with Gasteiger partial charge in [0.25, 0.3) is 0 Å². The van der Waals surface area contributed by atoms with Crippen molar-refractivity contribution in [3.8, 4) is 0 Å². The highest BCUT2D eigenvalue weighted by molar-refractivity contribution is 5.82. The minimum absolute atomic E-state index is 0.135. The molecule has 1 amide bonds. The van der Waals surface area contributed by atoms with Crippen molar-refractivity contribution in [2.24, 2.45) is 5.41 Å². The molecule has 1 aliphatic rings. The summed E-state index contributed by atoms with van der Waals surface area (Å²) in [5.74, 6) is 0.295. The molecule has 1 saturated carbocycles. The number of aliphatic hydroxyl groups excluding tert-OH is 1. The molecule has 0 aromatic rings. The van der Waals surface area contributed by atoms with E-state index in [2.05, 4.69) is 6.92 Å². The van der Waals surface area contributed by atoms with E-state index in [0.717, 1.165) is 19.4 Å². The number of hydrogen-bond donors (Lipinski definition) is 1. The Morgan fingerprint density at radius 2 is 1.94 bits per heavy atom. The third-order valence-electron chi connectivity index (χ3n) is 3.73. The van der Waals surface area contributed by atoms with Crippen LogP contribution in [0, 0.1) is 5.41 Å². The first kappa shape index (κ1) is 13.5. The van der Waals surface area contributed by atoms with Crippen LogP contribution in [-0.4, -0.2) is 35.6 Å². The third-order valence-corrected chi connectivity index (χ3v) is 3.73. The highest BCUT2D eigenvalue weighted by Crippen LogP contribution is 2.37. The summed E-state index contributed by atoms with van der Waals surface area (Å²) in [7, 11) is 0. The summed E-state index contributed by atoms with van der Waals surface area (Å²) in [5.41, 5.74) is -0.135. The van der Waals surface area contributed by atoms with Crippen LogP contribution in [0.25, 0.3) is 0 Å². The number of hydrogen-bond acceptors (Lipinski definition) is 2. The SMILES string of the molecule is CCN(CCCO)C(=O)C1(C)CCCCC1. The molecule has 0 radical (unpaired) electrons. The van der Waals surface area contributed by atoms with Gasteiger partial charge in [0, 0.05) is 25.1 Å². The van der Waals surface area contributed by atoms with Crippen LogP contribution in [0.2, 0.25) is 0 Å². The van der Waals surface area contributed by atoms with Crippen LogP contribution in [0.5, 0.6) is 0 Å². The van der Waals surface area contributed by atoms with E-state index in [1.807, 2.05) is 11.8 Å². The van der Waals surface area contributed by atoms with Crippen LogP contribution >= 0.6 is 0 Å². The second kappa shape index (κ2) is 6.24. The normalized spacial score (nSPS) is 19.4. The molecule has 16 heavy (non-hydrogen) atoms. The van der Waals surface area contributed by atoms with Crippen LogP contribution in [0.15, 0.2) is 0 Å². The number of amides is 1. The Hall–Kier alpha value is -0.570. The average molecular weight is 227 g/mol. The quantitative estimate of drug-likeness (QED) is 0.782. The lowest BCUT2D eigenvalue weighted by Gasteiger charge is -2.36. The fourth-order valence-corrected chi connectivity index (χ4v) is 2.59. The molecule has 0 aromatic heterocycles. The average Bonchev–Trinajstić information content (AvgIpc) is 2.31. The Labute approximate surface area is 98.8 Å². The predicted molar refractivity (Wildman–Crippen MR) is 65.1 cm³/mol. The summed E-state index contributed by atoms with van der Waals surface area (Å²) < 4.78 is 0. The highest BCUT2D eigenvalue weighted by Gasteiger charge is 2.36. The first-order valence-electron chi connectivity index (χ1n) is 6.54. The summed E-state index contributed by atoms with van der Waals surface area (Å²) >= 11 is 0. The maximum atomic E-state index is 12.4. The van der Waals surface area contributed by atoms with Gasteiger partial charge in [-0.3, -0.25) is 4.79 Å². The number of rotatable bonds is 5. The van der Waals surface area contributed by atoms with E-state index >= 15 is 0 Å². The van der Waals surface area contributed by atoms with Crippen LogP contribution in [0.3, 0.4) is 0 Å². The molecular formula is C13H25NO2. The molecule has 0 unspecified atom stereocenters. The minimum Gasteiger partial charge on any atom is -0.396 e. The molecule has 1 fully saturated rings. The number of carbonyl (C=O) groups excluding carboxylic acids is 1. The second-order valence-corrected chi connectivity index (χ2v) is 5.08. The van der Waals surface area contributed by atoms with E-state index in [-0.39, 0.29) is 12.0 Å². The molecule has 3 heteroatoms. The lowest BCUT2D eigenvalue weighted by atomic mass is 9.74. The Bertz CT molecular complexity index is 222. The van der Waals surface area contributed by atoms with E-state index in [9.17, 15) is 4.79 Å². The molecule has 3 nitrogen and oxygen atoms in total. The van der Waals surface area contributed by atoms with E-state index < -0.39 is 0 Å². The Kier molecular flexibility index (Phi) is 5.26. The van der Waals surface area contributed by atoms with Gasteiger partial charge in [-0.2, -0.15) is 0 Å². The molecule has 0 aliphatic heterocycles. The summed E-state index contributed by atoms with van der Waals surface area (Å²) in [6, 6.07) is 0. The largest absolute Gasteiger partial charge is 0.396 e. The molecule has 0 aromatic carbocycles. The van der Waals surface area contributed by atoms with E-state index in [0.29, 0.717) is 18.9 Å². The zero-order chi connectivity index (χ0) is 12.0. The molecule has 94 valence electrons. The second-order valence-electron chi connectivity index (χ2n) is 5.08. The van der Waals surface area contributed by atoms with E-state index in [1.54, 1.807) is 0 Å². The van der Waals surface area contributed by atoms with Gasteiger partial charge in [0.1, 0.15) is 0 Å². The molecule has 1 aliphatic carbocycles. The molecular weight excluding hydrogens is 202 g/mol. The molecule has 1 N–H and O–H groups in total. The smallest absolute Gasteiger partial charge is 0.228 e. The molecule has 0 heterocycles. The van der Waals surface area contributed by atoms with Crippen molar-refractivity contribution in [1.82, 2.24) is 4.90 Å². The van der Waals surface area contributed by atoms with Crippen molar-refractivity contribution in [3.05, 3.63) is 0 Å². The van der Waals surface area contributed by atoms with Gasteiger partial charge < -0.3 is 10.0 Å². The molecule has 0 bridgehead atoms. The van der Waals surface area contributed by atoms with Crippen molar-refractivity contribution in [2.75, 3.05) is 19.7 Å². The van der Waals surface area contributed by atoms with Gasteiger partial charge in [-0.15, -0.1) is 0 Å². The Morgan fingerprint density at radius 3 is 2.44 bits per heavy atom. The monoisotopic (exact) mass is 227 g/mol. The van der Waals surface area contributed by atoms with Crippen molar-refractivity contribution >= 4 is 5.91 Å². The number of carbonyl (C=O) groups is 1. The molecule has 1 rings (SSSR count). The van der Waals surface area contributed by atoms with E-state index in [1.165, 1.54) is 19.3 Å². The first-order chi connectivity index (χ1) is 7.64. The van der Waals surface area contributed by atoms with E-state index in [4.69, 9.17) is 5.11 Å². The topological polar surface area (TPSA) is 40.5 Å². The summed E-state index contributed by atoms with van der Waals surface area (Å²) in [5, 5.41) is 8.83. The zero-order valence-corrected chi connectivity index (χ0v) is 10.7. The summed E-state index contributed by atoms with van der Waals surface area (Å²) in [4.78, 5) is 14.3. The lowest BCUT2D eigenvalue weighted by Crippen LogP contribution is -2.44. The maximum Gasteiger partial charge on any atom is 0.228 e. The van der Waals surface area contributed by atoms with Gasteiger partial charge >= 0.3 is 0 Å². The van der Waals surface area contributed by atoms with Crippen molar-refractivity contribution in [1.29, 1.82) is 0 Å². The zero-order valence-electron chi connectivity index (χ0n) is 10.7. The van der Waals surface area contributed by atoms with Crippen LogP contribution in [-0.2, 0) is 4.79 Å². The van der Waals surface area contributed by atoms with Gasteiger partial charge in [-0.05, 0) is 26.2 Å². The minimum atomic E-state index is -0.135. The molecule has 0 atom stereocenters. The third kappa shape index (κ3) is 3.21. The standard InChI is InChI=1S/C13H25NO2/c1-3-14(10-7-11-15)12(16)13(2)8-5-4-6-9-13/h15H,3-11H2,1-2H3. The van der Waals surface area contributed by atoms with Crippen LogP contribution in [0.1, 0.15) is 52.4 Å². The van der Waals surface area contributed by atoms with Gasteiger partial charge in [0.2, 0.25) is 5.91 Å². The van der Waals surface area contributed by atoms with Gasteiger partial charge in [0.05, 0.1) is 0 Å². The highest BCUT2D eigenvalue weighted by atomic mass is 16.3. The Morgan fingerprint density at radius 1 is 1.31 bits per heavy atom. The van der Waals surface area contributed by atoms with Gasteiger partial charge in [0.15, 0.2) is 0 Å². The summed E-state index contributed by atoms with van der Waals surface area (Å²) in [6.45, 7) is 5.74.